The Morgan fingerprint density at radius 3 is 2.62 bits per heavy atom. The molecule has 1 atom stereocenters. The van der Waals surface area contributed by atoms with Gasteiger partial charge in [0.1, 0.15) is 0 Å². The molecule has 4 heteroatoms. The zero-order valence-corrected chi connectivity index (χ0v) is 12.7. The van der Waals surface area contributed by atoms with Crippen LogP contribution in [0.5, 0.6) is 0 Å². The highest BCUT2D eigenvalue weighted by Gasteiger charge is 2.25. The lowest BCUT2D eigenvalue weighted by Gasteiger charge is -2.28. The Morgan fingerprint density at radius 1 is 1.24 bits per heavy atom. The van der Waals surface area contributed by atoms with Gasteiger partial charge in [-0.15, -0.1) is 0 Å². The molecule has 0 bridgehead atoms. The van der Waals surface area contributed by atoms with Crippen LogP contribution < -0.4 is 5.32 Å². The van der Waals surface area contributed by atoms with E-state index >= 15 is 0 Å². The number of ketones is 1. The maximum atomic E-state index is 12.4. The Bertz CT molecular complexity index is 467. The molecule has 1 unspecified atom stereocenters. The van der Waals surface area contributed by atoms with Gasteiger partial charge in [-0.05, 0) is 19.4 Å². The van der Waals surface area contributed by atoms with Crippen molar-refractivity contribution in [2.75, 3.05) is 19.6 Å². The van der Waals surface area contributed by atoms with Gasteiger partial charge in [0, 0.05) is 37.5 Å². The number of hydrogen-bond donors (Lipinski definition) is 1. The molecular formula is C17H24N2O2. The molecule has 1 amide bonds. The van der Waals surface area contributed by atoms with Gasteiger partial charge in [-0.25, -0.2) is 0 Å². The van der Waals surface area contributed by atoms with Crippen molar-refractivity contribution in [1.82, 2.24) is 10.2 Å². The van der Waals surface area contributed by atoms with Crippen LogP contribution in [0.15, 0.2) is 30.3 Å². The fourth-order valence-corrected chi connectivity index (χ4v) is 2.79. The third-order valence-electron chi connectivity index (χ3n) is 3.92. The van der Waals surface area contributed by atoms with Crippen molar-refractivity contribution in [3.8, 4) is 0 Å². The molecule has 0 aliphatic carbocycles. The summed E-state index contributed by atoms with van der Waals surface area (Å²) >= 11 is 0. The number of amides is 1. The zero-order valence-electron chi connectivity index (χ0n) is 12.7. The average Bonchev–Trinajstić information content (AvgIpc) is 3.04. The van der Waals surface area contributed by atoms with Crippen LogP contribution in [0.3, 0.4) is 0 Å². The highest BCUT2D eigenvalue weighted by molar-refractivity contribution is 5.97. The smallest absolute Gasteiger partial charge is 0.223 e. The Kier molecular flexibility index (Phi) is 5.93. The second kappa shape index (κ2) is 7.93. The molecule has 1 aromatic carbocycles. The SMILES string of the molecule is CCCN(C(=O)CCC(=O)c1ccccc1)C1CCNC1. The van der Waals surface area contributed by atoms with Crippen LogP contribution in [-0.4, -0.2) is 42.3 Å². The molecule has 4 nitrogen and oxygen atoms in total. The first-order valence-corrected chi connectivity index (χ1v) is 7.80. The molecule has 1 aliphatic rings. The van der Waals surface area contributed by atoms with Crippen molar-refractivity contribution < 1.29 is 9.59 Å². The van der Waals surface area contributed by atoms with E-state index in [2.05, 4.69) is 12.2 Å². The number of nitrogens with one attached hydrogen (secondary N) is 1. The van der Waals surface area contributed by atoms with Gasteiger partial charge >= 0.3 is 0 Å². The topological polar surface area (TPSA) is 49.4 Å². The highest BCUT2D eigenvalue weighted by Crippen LogP contribution is 2.13. The molecule has 1 aliphatic heterocycles. The Hall–Kier alpha value is -1.68. The molecular weight excluding hydrogens is 264 g/mol. The minimum Gasteiger partial charge on any atom is -0.338 e. The molecule has 0 radical (unpaired) electrons. The predicted molar refractivity (Wildman–Crippen MR) is 83.3 cm³/mol. The van der Waals surface area contributed by atoms with Gasteiger partial charge < -0.3 is 10.2 Å². The summed E-state index contributed by atoms with van der Waals surface area (Å²) in [5.41, 5.74) is 0.690. The number of rotatable bonds is 7. The largest absolute Gasteiger partial charge is 0.338 e. The minimum atomic E-state index is 0.0462. The van der Waals surface area contributed by atoms with Crippen LogP contribution in [0.25, 0.3) is 0 Å². The van der Waals surface area contributed by atoms with Gasteiger partial charge in [0.2, 0.25) is 5.91 Å². The van der Waals surface area contributed by atoms with Gasteiger partial charge in [-0.1, -0.05) is 37.3 Å². The molecule has 21 heavy (non-hydrogen) atoms. The fourth-order valence-electron chi connectivity index (χ4n) is 2.79. The van der Waals surface area contributed by atoms with Crippen LogP contribution >= 0.6 is 0 Å². The third kappa shape index (κ3) is 4.39. The van der Waals surface area contributed by atoms with Crippen molar-refractivity contribution in [3.05, 3.63) is 35.9 Å². The van der Waals surface area contributed by atoms with E-state index in [1.807, 2.05) is 23.1 Å². The van der Waals surface area contributed by atoms with E-state index in [-0.39, 0.29) is 11.7 Å². The Morgan fingerprint density at radius 2 is 2.00 bits per heavy atom. The standard InChI is InChI=1S/C17H24N2O2/c1-2-12-19(15-10-11-18-13-15)17(21)9-8-16(20)14-6-4-3-5-7-14/h3-7,15,18H,2,8-13H2,1H3. The molecule has 1 fully saturated rings. The van der Waals surface area contributed by atoms with E-state index in [1.54, 1.807) is 12.1 Å². The summed E-state index contributed by atoms with van der Waals surface area (Å²) < 4.78 is 0. The van der Waals surface area contributed by atoms with Gasteiger partial charge in [-0.3, -0.25) is 9.59 Å². The molecule has 0 saturated carbocycles. The Balaban J connectivity index is 1.88. The molecule has 2 rings (SSSR count). The van der Waals surface area contributed by atoms with Crippen LogP contribution in [-0.2, 0) is 4.79 Å². The lowest BCUT2D eigenvalue weighted by molar-refractivity contribution is -0.133. The van der Waals surface area contributed by atoms with Gasteiger partial charge in [0.05, 0.1) is 0 Å². The number of nitrogens with zero attached hydrogens (tertiary/aromatic N) is 1. The minimum absolute atomic E-state index is 0.0462. The molecule has 1 saturated heterocycles. The summed E-state index contributed by atoms with van der Waals surface area (Å²) in [6, 6.07) is 9.49. The first kappa shape index (κ1) is 15.7. The molecule has 1 heterocycles. The van der Waals surface area contributed by atoms with Crippen LogP contribution in [0.4, 0.5) is 0 Å². The molecule has 1 N–H and O–H groups in total. The first-order valence-electron chi connectivity index (χ1n) is 7.80. The lowest BCUT2D eigenvalue weighted by Crippen LogP contribution is -2.42. The normalized spacial score (nSPS) is 17.7. The van der Waals surface area contributed by atoms with E-state index in [9.17, 15) is 9.59 Å². The first-order chi connectivity index (χ1) is 10.2. The van der Waals surface area contributed by atoms with Gasteiger partial charge in [0.25, 0.3) is 0 Å². The number of hydrogen-bond acceptors (Lipinski definition) is 3. The second-order valence-electron chi connectivity index (χ2n) is 5.52. The van der Waals surface area contributed by atoms with Crippen molar-refractivity contribution in [2.45, 2.75) is 38.6 Å². The lowest BCUT2D eigenvalue weighted by atomic mass is 10.1. The summed E-state index contributed by atoms with van der Waals surface area (Å²) in [5.74, 6) is 0.153. The van der Waals surface area contributed by atoms with Crippen LogP contribution in [0.1, 0.15) is 43.0 Å². The highest BCUT2D eigenvalue weighted by atomic mass is 16.2. The Labute approximate surface area is 126 Å². The van der Waals surface area contributed by atoms with Crippen molar-refractivity contribution in [2.24, 2.45) is 0 Å². The van der Waals surface area contributed by atoms with Crippen LogP contribution in [0, 0.1) is 0 Å². The van der Waals surface area contributed by atoms with Gasteiger partial charge in [-0.2, -0.15) is 0 Å². The monoisotopic (exact) mass is 288 g/mol. The van der Waals surface area contributed by atoms with Crippen molar-refractivity contribution >= 4 is 11.7 Å². The summed E-state index contributed by atoms with van der Waals surface area (Å²) in [6.45, 7) is 4.71. The summed E-state index contributed by atoms with van der Waals surface area (Å²) in [6.07, 6.45) is 2.57. The number of carbonyl (C=O) groups is 2. The number of carbonyl (C=O) groups excluding carboxylic acids is 2. The van der Waals surface area contributed by atoms with E-state index < -0.39 is 0 Å². The summed E-state index contributed by atoms with van der Waals surface area (Å²) in [5, 5.41) is 3.30. The zero-order chi connectivity index (χ0) is 15.1. The fraction of sp³-hybridized carbons (Fsp3) is 0.529. The van der Waals surface area contributed by atoms with E-state index in [1.165, 1.54) is 0 Å². The van der Waals surface area contributed by atoms with Crippen molar-refractivity contribution in [3.63, 3.8) is 0 Å². The average molecular weight is 288 g/mol. The molecule has 0 aromatic heterocycles. The predicted octanol–water partition coefficient (Wildman–Crippen LogP) is 2.25. The maximum absolute atomic E-state index is 12.4. The van der Waals surface area contributed by atoms with Gasteiger partial charge in [0.15, 0.2) is 5.78 Å². The number of benzene rings is 1. The summed E-state index contributed by atoms with van der Waals surface area (Å²) in [7, 11) is 0. The second-order valence-corrected chi connectivity index (χ2v) is 5.52. The van der Waals surface area contributed by atoms with Crippen LogP contribution in [0.2, 0.25) is 0 Å². The molecule has 114 valence electrons. The number of Topliss-reactive ketones (excluding diaryl/α,β-unsaturated/α-hetero) is 1. The molecule has 0 spiro atoms. The van der Waals surface area contributed by atoms with Crippen molar-refractivity contribution in [1.29, 1.82) is 0 Å². The van der Waals surface area contributed by atoms with E-state index in [0.29, 0.717) is 24.4 Å². The maximum Gasteiger partial charge on any atom is 0.223 e. The third-order valence-corrected chi connectivity index (χ3v) is 3.92. The summed E-state index contributed by atoms with van der Waals surface area (Å²) in [4.78, 5) is 26.4. The van der Waals surface area contributed by atoms with E-state index in [4.69, 9.17) is 0 Å². The van der Waals surface area contributed by atoms with E-state index in [0.717, 1.165) is 32.5 Å². The molecule has 1 aromatic rings. The quantitative estimate of drug-likeness (QED) is 0.783.